The van der Waals surface area contributed by atoms with Crippen molar-refractivity contribution in [2.24, 2.45) is 11.8 Å². The molecule has 0 aromatic heterocycles. The van der Waals surface area contributed by atoms with Crippen LogP contribution in [0.15, 0.2) is 54.6 Å². The van der Waals surface area contributed by atoms with Crippen LogP contribution in [0.25, 0.3) is 12.2 Å². The average molecular weight is 461 g/mol. The first-order chi connectivity index (χ1) is 16.7. The summed E-state index contributed by atoms with van der Waals surface area (Å²) in [6.07, 6.45) is 20.7. The fourth-order valence-corrected chi connectivity index (χ4v) is 6.10. The highest BCUT2D eigenvalue weighted by Crippen LogP contribution is 2.43. The van der Waals surface area contributed by atoms with E-state index < -0.39 is 0 Å². The van der Waals surface area contributed by atoms with E-state index in [2.05, 4.69) is 48.6 Å². The van der Waals surface area contributed by atoms with Crippen LogP contribution in [0.5, 0.6) is 0 Å². The van der Waals surface area contributed by atoms with Gasteiger partial charge < -0.3 is 4.74 Å². The Labute approximate surface area is 206 Å². The van der Waals surface area contributed by atoms with Crippen LogP contribution in [0.4, 0.5) is 4.39 Å². The minimum absolute atomic E-state index is 0.0792. The van der Waals surface area contributed by atoms with Gasteiger partial charge in [-0.15, -0.1) is 0 Å². The van der Waals surface area contributed by atoms with Crippen LogP contribution in [-0.2, 0) is 11.2 Å². The molecule has 2 aromatic rings. The number of allylic oxidation sites excluding steroid dienone is 2. The maximum atomic E-state index is 14.8. The minimum atomic E-state index is -0.0792. The summed E-state index contributed by atoms with van der Waals surface area (Å²) in [5, 5.41) is 0. The van der Waals surface area contributed by atoms with E-state index in [1.807, 2.05) is 26.2 Å². The normalized spacial score (nSPS) is 25.9. The summed E-state index contributed by atoms with van der Waals surface area (Å²) in [5.74, 6) is 2.18. The largest absolute Gasteiger partial charge is 0.381 e. The van der Waals surface area contributed by atoms with Crippen LogP contribution < -0.4 is 0 Å². The number of rotatable bonds is 8. The molecule has 0 radical (unpaired) electrons. The van der Waals surface area contributed by atoms with Crippen molar-refractivity contribution < 1.29 is 9.13 Å². The van der Waals surface area contributed by atoms with Gasteiger partial charge in [0.05, 0.1) is 6.10 Å². The number of methoxy groups -OCH3 is 1. The molecular weight excluding hydrogens is 419 g/mol. The number of benzene rings is 2. The Bertz CT molecular complexity index is 941. The zero-order valence-corrected chi connectivity index (χ0v) is 21.0. The third kappa shape index (κ3) is 6.69. The van der Waals surface area contributed by atoms with E-state index in [0.717, 1.165) is 24.7 Å². The highest BCUT2D eigenvalue weighted by atomic mass is 19.1. The number of halogens is 1. The molecule has 2 aliphatic carbocycles. The van der Waals surface area contributed by atoms with Crippen molar-refractivity contribution in [2.45, 2.75) is 83.2 Å². The van der Waals surface area contributed by atoms with Gasteiger partial charge in [0.2, 0.25) is 0 Å². The van der Waals surface area contributed by atoms with Gasteiger partial charge in [0.15, 0.2) is 0 Å². The van der Waals surface area contributed by atoms with Gasteiger partial charge in [0, 0.05) is 12.7 Å². The molecule has 0 spiro atoms. The van der Waals surface area contributed by atoms with Crippen molar-refractivity contribution in [1.82, 2.24) is 0 Å². The second-order valence-corrected chi connectivity index (χ2v) is 10.3. The lowest BCUT2D eigenvalue weighted by molar-refractivity contribution is 0.0410. The second kappa shape index (κ2) is 12.5. The SMILES string of the molecule is C/C=C/c1ccc(CC/C=C/c2ccc(C3CCC(C4CCC(OC)CC4)CC3)cc2F)cc1. The number of ether oxygens (including phenoxy) is 1. The standard InChI is InChI=1S/C32H41FO/c1-3-6-24-9-11-25(12-10-24)7-4-5-8-29-17-18-30(23-32(29)33)28-15-13-26(14-16-28)27-19-21-31(34-2)22-20-27/h3,5-6,8-12,17-18,23,26-28,31H,4,7,13-16,19-22H2,1-2H3/b6-3+,8-5+. The first-order valence-electron chi connectivity index (χ1n) is 13.4. The van der Waals surface area contributed by atoms with Gasteiger partial charge >= 0.3 is 0 Å². The molecule has 4 rings (SSSR count). The van der Waals surface area contributed by atoms with Gasteiger partial charge in [-0.2, -0.15) is 0 Å². The van der Waals surface area contributed by atoms with Crippen LogP contribution in [0.1, 0.15) is 92.9 Å². The minimum Gasteiger partial charge on any atom is -0.381 e. The van der Waals surface area contributed by atoms with Crippen molar-refractivity contribution >= 4 is 12.2 Å². The van der Waals surface area contributed by atoms with Crippen LogP contribution in [0.2, 0.25) is 0 Å². The maximum absolute atomic E-state index is 14.8. The predicted molar refractivity (Wildman–Crippen MR) is 142 cm³/mol. The molecule has 0 atom stereocenters. The fraction of sp³-hybridized carbons (Fsp3) is 0.500. The Balaban J connectivity index is 1.24. The van der Waals surface area contributed by atoms with Crippen LogP contribution in [0, 0.1) is 17.7 Å². The molecule has 2 fully saturated rings. The molecule has 1 nitrogen and oxygen atoms in total. The summed E-state index contributed by atoms with van der Waals surface area (Å²) in [6, 6.07) is 14.6. The summed E-state index contributed by atoms with van der Waals surface area (Å²) in [6.45, 7) is 2.03. The monoisotopic (exact) mass is 460 g/mol. The second-order valence-electron chi connectivity index (χ2n) is 10.3. The molecule has 2 aromatic carbocycles. The third-order valence-electron chi connectivity index (χ3n) is 8.22. The van der Waals surface area contributed by atoms with Crippen molar-refractivity contribution in [3.63, 3.8) is 0 Å². The first kappa shape index (κ1) is 24.9. The molecule has 2 saturated carbocycles. The van der Waals surface area contributed by atoms with E-state index in [4.69, 9.17) is 4.74 Å². The fourth-order valence-electron chi connectivity index (χ4n) is 6.10. The Kier molecular flexibility index (Phi) is 9.16. The van der Waals surface area contributed by atoms with Crippen molar-refractivity contribution in [3.8, 4) is 0 Å². The van der Waals surface area contributed by atoms with Crippen molar-refractivity contribution in [2.75, 3.05) is 7.11 Å². The maximum Gasteiger partial charge on any atom is 0.130 e. The van der Waals surface area contributed by atoms with E-state index in [9.17, 15) is 4.39 Å². The van der Waals surface area contributed by atoms with Gasteiger partial charge in [0.25, 0.3) is 0 Å². The Morgan fingerprint density at radius 1 is 0.853 bits per heavy atom. The molecular formula is C32H41FO. The molecule has 0 saturated heterocycles. The van der Waals surface area contributed by atoms with Crippen molar-refractivity contribution in [1.29, 1.82) is 0 Å². The summed E-state index contributed by atoms with van der Waals surface area (Å²) in [7, 11) is 1.85. The number of aryl methyl sites for hydroxylation is 1. The molecule has 2 aliphatic rings. The molecule has 0 heterocycles. The molecule has 0 bridgehead atoms. The van der Waals surface area contributed by atoms with Crippen molar-refractivity contribution in [3.05, 3.63) is 82.7 Å². The lowest BCUT2D eigenvalue weighted by Gasteiger charge is -2.37. The van der Waals surface area contributed by atoms with E-state index >= 15 is 0 Å². The Morgan fingerprint density at radius 3 is 2.15 bits per heavy atom. The zero-order chi connectivity index (χ0) is 23.8. The van der Waals surface area contributed by atoms with Gasteiger partial charge in [-0.1, -0.05) is 60.7 Å². The molecule has 182 valence electrons. The zero-order valence-electron chi connectivity index (χ0n) is 21.0. The number of hydrogen-bond acceptors (Lipinski definition) is 1. The molecule has 0 aliphatic heterocycles. The molecule has 0 amide bonds. The van der Waals surface area contributed by atoms with Gasteiger partial charge in [0.1, 0.15) is 5.82 Å². The van der Waals surface area contributed by atoms with Gasteiger partial charge in [-0.25, -0.2) is 4.39 Å². The smallest absolute Gasteiger partial charge is 0.130 e. The van der Waals surface area contributed by atoms with Gasteiger partial charge in [-0.3, -0.25) is 0 Å². The van der Waals surface area contributed by atoms with E-state index in [0.29, 0.717) is 17.6 Å². The highest BCUT2D eigenvalue weighted by molar-refractivity contribution is 5.51. The highest BCUT2D eigenvalue weighted by Gasteiger charge is 2.31. The van der Waals surface area contributed by atoms with E-state index in [-0.39, 0.29) is 5.82 Å². The lowest BCUT2D eigenvalue weighted by Crippen LogP contribution is -2.27. The van der Waals surface area contributed by atoms with E-state index in [1.165, 1.54) is 68.1 Å². The summed E-state index contributed by atoms with van der Waals surface area (Å²) >= 11 is 0. The Morgan fingerprint density at radius 2 is 1.53 bits per heavy atom. The molecule has 0 N–H and O–H groups in total. The van der Waals surface area contributed by atoms with Crippen LogP contribution in [0.3, 0.4) is 0 Å². The van der Waals surface area contributed by atoms with E-state index in [1.54, 1.807) is 6.07 Å². The lowest BCUT2D eigenvalue weighted by atomic mass is 9.69. The quantitative estimate of drug-likeness (QED) is 0.382. The predicted octanol–water partition coefficient (Wildman–Crippen LogP) is 8.98. The van der Waals surface area contributed by atoms with Crippen LogP contribution in [-0.4, -0.2) is 13.2 Å². The summed E-state index contributed by atoms with van der Waals surface area (Å²) in [5.41, 5.74) is 4.44. The third-order valence-corrected chi connectivity index (χ3v) is 8.22. The Hall–Kier alpha value is -2.19. The molecule has 0 unspecified atom stereocenters. The summed E-state index contributed by atoms with van der Waals surface area (Å²) < 4.78 is 20.4. The topological polar surface area (TPSA) is 9.23 Å². The summed E-state index contributed by atoms with van der Waals surface area (Å²) in [4.78, 5) is 0. The number of hydrogen-bond donors (Lipinski definition) is 0. The average Bonchev–Trinajstić information content (AvgIpc) is 2.88. The molecule has 2 heteroatoms. The molecule has 34 heavy (non-hydrogen) atoms. The first-order valence-corrected chi connectivity index (χ1v) is 13.4. The van der Waals surface area contributed by atoms with Gasteiger partial charge in [-0.05, 0) is 112 Å². The van der Waals surface area contributed by atoms with Crippen LogP contribution >= 0.6 is 0 Å².